The van der Waals surface area contributed by atoms with Crippen LogP contribution in [0.5, 0.6) is 0 Å². The van der Waals surface area contributed by atoms with Crippen LogP contribution in [-0.4, -0.2) is 20.9 Å². The molecule has 0 aliphatic rings. The summed E-state index contributed by atoms with van der Waals surface area (Å²) in [4.78, 5) is 10.9. The normalized spacial score (nSPS) is 10.5. The summed E-state index contributed by atoms with van der Waals surface area (Å²) in [5.41, 5.74) is 6.09. The van der Waals surface area contributed by atoms with Crippen LogP contribution in [0, 0.1) is 0 Å². The molecule has 6 nitrogen and oxygen atoms in total. The number of nitrogen functional groups attached to an aromatic ring is 1. The van der Waals surface area contributed by atoms with Crippen molar-refractivity contribution >= 4 is 11.7 Å². The summed E-state index contributed by atoms with van der Waals surface area (Å²) in [6.45, 7) is 0. The number of nitrogens with zero attached hydrogens (tertiary/aromatic N) is 2. The Labute approximate surface area is 84.9 Å². The smallest absolute Gasteiger partial charge is 0.356 e. The molecule has 0 saturated heterocycles. The molecule has 2 rings (SSSR count). The van der Waals surface area contributed by atoms with E-state index in [0.29, 0.717) is 11.5 Å². The van der Waals surface area contributed by atoms with E-state index in [0.717, 1.165) is 0 Å². The molecule has 0 unspecified atom stereocenters. The zero-order chi connectivity index (χ0) is 11.0. The predicted octanol–water partition coefficient (Wildman–Crippen LogP) is 0.960. The van der Waals surface area contributed by atoms with Crippen molar-refractivity contribution in [2.45, 2.75) is 0 Å². The third-order valence-corrected chi connectivity index (χ3v) is 2.04. The van der Waals surface area contributed by atoms with Crippen LogP contribution in [-0.2, 0) is 7.05 Å². The van der Waals surface area contributed by atoms with Crippen LogP contribution < -0.4 is 5.73 Å². The number of rotatable bonds is 2. The summed E-state index contributed by atoms with van der Waals surface area (Å²) < 4.78 is 6.32. The summed E-state index contributed by atoms with van der Waals surface area (Å²) in [5.74, 6) is -0.657. The topological polar surface area (TPSA) is 94.3 Å². The monoisotopic (exact) mass is 207 g/mol. The molecule has 0 aliphatic heterocycles. The molecule has 0 bridgehead atoms. The maximum Gasteiger partial charge on any atom is 0.356 e. The van der Waals surface area contributed by atoms with Crippen molar-refractivity contribution in [1.82, 2.24) is 9.78 Å². The van der Waals surface area contributed by atoms with E-state index in [1.807, 2.05) is 0 Å². The zero-order valence-electron chi connectivity index (χ0n) is 7.97. The molecule has 0 aromatic carbocycles. The number of hydrogen-bond acceptors (Lipinski definition) is 4. The van der Waals surface area contributed by atoms with Gasteiger partial charge in [-0.2, -0.15) is 5.10 Å². The Morgan fingerprint density at radius 2 is 2.40 bits per heavy atom. The molecule has 0 amide bonds. The van der Waals surface area contributed by atoms with Gasteiger partial charge in [-0.05, 0) is 12.1 Å². The highest BCUT2D eigenvalue weighted by molar-refractivity contribution is 5.95. The molecule has 15 heavy (non-hydrogen) atoms. The summed E-state index contributed by atoms with van der Waals surface area (Å²) >= 11 is 0. The molecular weight excluding hydrogens is 198 g/mol. The van der Waals surface area contributed by atoms with E-state index in [1.54, 1.807) is 12.1 Å². The summed E-state index contributed by atoms with van der Waals surface area (Å²) in [5, 5.41) is 12.9. The Morgan fingerprint density at radius 3 is 2.87 bits per heavy atom. The lowest BCUT2D eigenvalue weighted by Crippen LogP contribution is -2.07. The molecule has 6 heteroatoms. The molecule has 2 heterocycles. The number of hydrogen-bond donors (Lipinski definition) is 2. The van der Waals surface area contributed by atoms with E-state index in [1.165, 1.54) is 18.0 Å². The fourth-order valence-corrected chi connectivity index (χ4v) is 1.39. The van der Waals surface area contributed by atoms with Crippen molar-refractivity contribution in [1.29, 1.82) is 0 Å². The van der Waals surface area contributed by atoms with Gasteiger partial charge in [-0.3, -0.25) is 4.68 Å². The first-order valence-corrected chi connectivity index (χ1v) is 4.21. The average Bonchev–Trinajstić information content (AvgIpc) is 2.72. The van der Waals surface area contributed by atoms with Crippen molar-refractivity contribution in [2.24, 2.45) is 7.05 Å². The predicted molar refractivity (Wildman–Crippen MR) is 52.3 cm³/mol. The number of aromatic nitrogens is 2. The highest BCUT2D eigenvalue weighted by Crippen LogP contribution is 2.27. The molecule has 2 aromatic rings. The maximum absolute atomic E-state index is 10.9. The second kappa shape index (κ2) is 3.16. The summed E-state index contributed by atoms with van der Waals surface area (Å²) in [6.07, 6.45) is 1.48. The van der Waals surface area contributed by atoms with Gasteiger partial charge >= 0.3 is 5.97 Å². The molecule has 0 fully saturated rings. The first-order valence-electron chi connectivity index (χ1n) is 4.21. The van der Waals surface area contributed by atoms with Gasteiger partial charge in [-0.15, -0.1) is 0 Å². The second-order valence-corrected chi connectivity index (χ2v) is 3.02. The van der Waals surface area contributed by atoms with Gasteiger partial charge in [0.15, 0.2) is 17.1 Å². The minimum atomic E-state index is -1.11. The van der Waals surface area contributed by atoms with E-state index < -0.39 is 5.97 Å². The lowest BCUT2D eigenvalue weighted by atomic mass is 10.2. The number of carbonyl (C=O) groups is 1. The minimum Gasteiger partial charge on any atom is -0.476 e. The molecule has 0 saturated carbocycles. The van der Waals surface area contributed by atoms with Crippen LogP contribution >= 0.6 is 0 Å². The molecule has 0 aliphatic carbocycles. The molecular formula is C9H9N3O3. The number of anilines is 1. The standard InChI is InChI=1S/C9H9N3O3/c1-12-8(9(13)14)6(10)7(11-12)5-3-2-4-15-5/h2-4H,10H2,1H3,(H,13,14). The van der Waals surface area contributed by atoms with Gasteiger partial charge in [-0.25, -0.2) is 4.79 Å². The second-order valence-electron chi connectivity index (χ2n) is 3.02. The van der Waals surface area contributed by atoms with Crippen LogP contribution in [0.4, 0.5) is 5.69 Å². The zero-order valence-corrected chi connectivity index (χ0v) is 7.97. The van der Waals surface area contributed by atoms with Gasteiger partial charge in [0, 0.05) is 7.05 Å². The molecule has 3 N–H and O–H groups in total. The number of furan rings is 1. The Balaban J connectivity index is 2.61. The van der Waals surface area contributed by atoms with Gasteiger partial charge in [0.05, 0.1) is 12.0 Å². The maximum atomic E-state index is 10.9. The highest BCUT2D eigenvalue weighted by Gasteiger charge is 2.21. The van der Waals surface area contributed by atoms with E-state index in [-0.39, 0.29) is 11.4 Å². The van der Waals surface area contributed by atoms with E-state index in [9.17, 15) is 4.79 Å². The number of nitrogens with two attached hydrogens (primary N) is 1. The Kier molecular flexibility index (Phi) is 1.96. The van der Waals surface area contributed by atoms with Gasteiger partial charge in [0.1, 0.15) is 0 Å². The van der Waals surface area contributed by atoms with Crippen LogP contribution in [0.1, 0.15) is 10.5 Å². The SMILES string of the molecule is Cn1nc(-c2ccco2)c(N)c1C(=O)O. The van der Waals surface area contributed by atoms with E-state index >= 15 is 0 Å². The number of carboxylic acids is 1. The van der Waals surface area contributed by atoms with Gasteiger partial charge in [0.25, 0.3) is 0 Å². The third kappa shape index (κ3) is 1.35. The first kappa shape index (κ1) is 9.32. The average molecular weight is 207 g/mol. The molecule has 2 aromatic heterocycles. The summed E-state index contributed by atoms with van der Waals surface area (Å²) in [7, 11) is 1.52. The van der Waals surface area contributed by atoms with E-state index in [4.69, 9.17) is 15.3 Å². The molecule has 0 radical (unpaired) electrons. The lowest BCUT2D eigenvalue weighted by Gasteiger charge is -1.94. The number of aryl methyl sites for hydroxylation is 1. The highest BCUT2D eigenvalue weighted by atomic mass is 16.4. The molecule has 0 spiro atoms. The van der Waals surface area contributed by atoms with Crippen molar-refractivity contribution in [3.05, 3.63) is 24.1 Å². The first-order chi connectivity index (χ1) is 7.11. The van der Waals surface area contributed by atoms with Crippen molar-refractivity contribution in [3.63, 3.8) is 0 Å². The fraction of sp³-hybridized carbons (Fsp3) is 0.111. The Morgan fingerprint density at radius 1 is 1.67 bits per heavy atom. The largest absolute Gasteiger partial charge is 0.476 e. The van der Waals surface area contributed by atoms with Crippen LogP contribution in [0.2, 0.25) is 0 Å². The minimum absolute atomic E-state index is 0.0404. The van der Waals surface area contributed by atoms with Crippen LogP contribution in [0.25, 0.3) is 11.5 Å². The number of carboxylic acid groups (broad SMARTS) is 1. The van der Waals surface area contributed by atoms with Crippen molar-refractivity contribution in [3.8, 4) is 11.5 Å². The quantitative estimate of drug-likeness (QED) is 0.764. The van der Waals surface area contributed by atoms with Gasteiger partial charge in [-0.1, -0.05) is 0 Å². The van der Waals surface area contributed by atoms with Crippen LogP contribution in [0.3, 0.4) is 0 Å². The molecule has 78 valence electrons. The third-order valence-electron chi connectivity index (χ3n) is 2.04. The van der Waals surface area contributed by atoms with Crippen molar-refractivity contribution in [2.75, 3.05) is 5.73 Å². The van der Waals surface area contributed by atoms with Gasteiger partial charge < -0.3 is 15.3 Å². The lowest BCUT2D eigenvalue weighted by molar-refractivity contribution is 0.0686. The van der Waals surface area contributed by atoms with Gasteiger partial charge in [0.2, 0.25) is 0 Å². The Bertz CT molecular complexity index is 499. The number of aromatic carboxylic acids is 1. The van der Waals surface area contributed by atoms with Crippen molar-refractivity contribution < 1.29 is 14.3 Å². The Hall–Kier alpha value is -2.24. The fourth-order valence-electron chi connectivity index (χ4n) is 1.39. The summed E-state index contributed by atoms with van der Waals surface area (Å²) in [6, 6.07) is 3.36. The van der Waals surface area contributed by atoms with Crippen LogP contribution in [0.15, 0.2) is 22.8 Å². The molecule has 0 atom stereocenters. The van der Waals surface area contributed by atoms with E-state index in [2.05, 4.69) is 5.10 Å².